The highest BCUT2D eigenvalue weighted by Crippen LogP contribution is 2.63. The van der Waals surface area contributed by atoms with Crippen LogP contribution in [0.2, 0.25) is 0 Å². The fraction of sp³-hybridized carbons (Fsp3) is 1.00. The van der Waals surface area contributed by atoms with Gasteiger partial charge in [0.1, 0.15) is 6.61 Å². The first kappa shape index (κ1) is 22.9. The highest BCUT2D eigenvalue weighted by atomic mass is 19.4. The third-order valence-corrected chi connectivity index (χ3v) is 2.66. The van der Waals surface area contributed by atoms with Gasteiger partial charge in [0, 0.05) is 0 Å². The molecule has 1 N–H and O–H groups in total. The summed E-state index contributed by atoms with van der Waals surface area (Å²) >= 11 is 0. The van der Waals surface area contributed by atoms with E-state index < -0.39 is 48.3 Å². The molecule has 0 amide bonds. The van der Waals surface area contributed by atoms with Gasteiger partial charge in [-0.25, -0.2) is 4.39 Å². The molecule has 0 radical (unpaired) electrons. The molecule has 0 aliphatic carbocycles. The molecule has 0 unspecified atom stereocenters. The van der Waals surface area contributed by atoms with Crippen molar-refractivity contribution in [2.45, 2.75) is 41.7 Å². The van der Waals surface area contributed by atoms with Gasteiger partial charge in [-0.15, -0.1) is 0 Å². The minimum absolute atomic E-state index is 3.37. The van der Waals surface area contributed by atoms with Crippen LogP contribution in [0.3, 0.4) is 0 Å². The first-order valence-corrected chi connectivity index (χ1v) is 5.00. The smallest absolute Gasteiger partial charge is 0.390 e. The summed E-state index contributed by atoms with van der Waals surface area (Å²) in [6, 6.07) is 0. The third kappa shape index (κ3) is 2.65. The summed E-state index contributed by atoms with van der Waals surface area (Å²) in [4.78, 5) is 0. The molecule has 1 nitrogen and oxygen atoms in total. The van der Waals surface area contributed by atoms with Crippen molar-refractivity contribution >= 4 is 0 Å². The van der Waals surface area contributed by atoms with Gasteiger partial charge in [0.25, 0.3) is 0 Å². The summed E-state index contributed by atoms with van der Waals surface area (Å²) in [7, 11) is 0. The zero-order chi connectivity index (χ0) is 20.2. The molecular weight excluding hydrogens is 397 g/mol. The van der Waals surface area contributed by atoms with Crippen molar-refractivity contribution in [3.8, 4) is 0 Å². The van der Waals surface area contributed by atoms with E-state index in [9.17, 15) is 65.9 Å². The molecule has 16 heteroatoms. The molecule has 0 atom stereocenters. The fourth-order valence-corrected chi connectivity index (χ4v) is 1.26. The quantitative estimate of drug-likeness (QED) is 0.681. The van der Waals surface area contributed by atoms with E-state index in [0.29, 0.717) is 0 Å². The monoisotopic (exact) mass is 400 g/mol. The molecule has 0 aliphatic heterocycles. The number of alkyl halides is 15. The highest BCUT2D eigenvalue weighted by Gasteiger charge is 2.95. The Morgan fingerprint density at radius 3 is 0.958 bits per heavy atom. The standard InChI is InChI=1S/C8H3F15O/c9-2(10,1-24)4(12,13)6(16,17)5(14,15)3(11,7(18,19)20)8(21,22)23/h24H,1H2. The fourth-order valence-electron chi connectivity index (χ4n) is 1.26. The Kier molecular flexibility index (Phi) is 5.21. The van der Waals surface area contributed by atoms with Crippen LogP contribution in [0.5, 0.6) is 0 Å². The van der Waals surface area contributed by atoms with Crippen LogP contribution in [0.4, 0.5) is 65.9 Å². The van der Waals surface area contributed by atoms with Crippen LogP contribution in [-0.2, 0) is 0 Å². The van der Waals surface area contributed by atoms with E-state index in [2.05, 4.69) is 0 Å². The number of rotatable bonds is 5. The lowest BCUT2D eigenvalue weighted by atomic mass is 9.86. The maximum Gasteiger partial charge on any atom is 0.438 e. The van der Waals surface area contributed by atoms with Crippen LogP contribution in [0.1, 0.15) is 0 Å². The van der Waals surface area contributed by atoms with Crippen LogP contribution in [0.25, 0.3) is 0 Å². The second-order valence-corrected chi connectivity index (χ2v) is 4.24. The maximum absolute atomic E-state index is 13.0. The number of aliphatic hydroxyl groups excluding tert-OH is 1. The molecule has 0 fully saturated rings. The zero-order valence-corrected chi connectivity index (χ0v) is 10.3. The van der Waals surface area contributed by atoms with Gasteiger partial charge in [0.2, 0.25) is 0 Å². The molecule has 0 aromatic carbocycles. The lowest BCUT2D eigenvalue weighted by Crippen LogP contribution is -2.75. The Labute approximate surface area is 121 Å². The lowest BCUT2D eigenvalue weighted by molar-refractivity contribution is -0.457. The van der Waals surface area contributed by atoms with Crippen molar-refractivity contribution in [2.24, 2.45) is 0 Å². The number of halogens is 15. The summed E-state index contributed by atoms with van der Waals surface area (Å²) in [6.07, 6.45) is -15.9. The lowest BCUT2D eigenvalue weighted by Gasteiger charge is -2.42. The van der Waals surface area contributed by atoms with Crippen molar-refractivity contribution < 1.29 is 71.0 Å². The van der Waals surface area contributed by atoms with E-state index >= 15 is 0 Å². The van der Waals surface area contributed by atoms with E-state index in [4.69, 9.17) is 5.11 Å². The molecule has 0 rings (SSSR count). The summed E-state index contributed by atoms with van der Waals surface area (Å²) in [6.45, 7) is -3.37. The molecule has 0 bridgehead atoms. The zero-order valence-electron chi connectivity index (χ0n) is 10.3. The number of aliphatic hydroxyl groups is 1. The van der Waals surface area contributed by atoms with Gasteiger partial charge < -0.3 is 5.11 Å². The Hall–Kier alpha value is -1.09. The molecular formula is C8H3F15O. The normalized spacial score (nSPS) is 16.5. The molecule has 0 heterocycles. The average molecular weight is 400 g/mol. The molecule has 0 spiro atoms. The van der Waals surface area contributed by atoms with Gasteiger partial charge in [0.05, 0.1) is 0 Å². The van der Waals surface area contributed by atoms with Crippen LogP contribution in [-0.4, -0.2) is 53.4 Å². The van der Waals surface area contributed by atoms with Crippen LogP contribution in [0, 0.1) is 0 Å². The van der Waals surface area contributed by atoms with E-state index in [1.165, 1.54) is 0 Å². The second-order valence-electron chi connectivity index (χ2n) is 4.24. The molecule has 0 aromatic rings. The second kappa shape index (κ2) is 5.45. The predicted octanol–water partition coefficient (Wildman–Crippen LogP) is 4.35. The topological polar surface area (TPSA) is 20.2 Å². The van der Waals surface area contributed by atoms with Crippen LogP contribution >= 0.6 is 0 Å². The van der Waals surface area contributed by atoms with Gasteiger partial charge in [-0.1, -0.05) is 0 Å². The van der Waals surface area contributed by atoms with Crippen LogP contribution < -0.4 is 0 Å². The average Bonchev–Trinajstić information content (AvgIpc) is 2.33. The van der Waals surface area contributed by atoms with Gasteiger partial charge in [0.15, 0.2) is 0 Å². The SMILES string of the molecule is OCC(F)(F)C(F)(F)C(F)(F)C(F)(F)C(F)(C(F)(F)F)C(F)(F)F. The van der Waals surface area contributed by atoms with Gasteiger partial charge in [-0.05, 0) is 0 Å². The first-order chi connectivity index (χ1) is 10.1. The minimum atomic E-state index is -8.43. The molecule has 0 saturated carbocycles. The molecule has 0 saturated heterocycles. The molecule has 0 aliphatic rings. The Morgan fingerprint density at radius 1 is 0.458 bits per heavy atom. The number of hydrogen-bond donors (Lipinski definition) is 1. The number of hydrogen-bond acceptors (Lipinski definition) is 1. The van der Waals surface area contributed by atoms with Gasteiger partial charge >= 0.3 is 41.7 Å². The Balaban J connectivity index is 6.68. The molecule has 0 aromatic heterocycles. The van der Waals surface area contributed by atoms with Crippen LogP contribution in [0.15, 0.2) is 0 Å². The first-order valence-electron chi connectivity index (χ1n) is 5.00. The van der Waals surface area contributed by atoms with Crippen molar-refractivity contribution in [3.05, 3.63) is 0 Å². The third-order valence-electron chi connectivity index (χ3n) is 2.66. The van der Waals surface area contributed by atoms with Crippen molar-refractivity contribution in [1.82, 2.24) is 0 Å². The van der Waals surface area contributed by atoms with Crippen molar-refractivity contribution in [1.29, 1.82) is 0 Å². The predicted molar refractivity (Wildman–Crippen MR) is 42.8 cm³/mol. The maximum atomic E-state index is 13.0. The highest BCUT2D eigenvalue weighted by molar-refractivity contribution is 5.16. The minimum Gasteiger partial charge on any atom is -0.390 e. The van der Waals surface area contributed by atoms with E-state index in [1.807, 2.05) is 0 Å². The summed E-state index contributed by atoms with van der Waals surface area (Å²) in [5.74, 6) is -30.9. The van der Waals surface area contributed by atoms with Gasteiger partial charge in [-0.3, -0.25) is 0 Å². The summed E-state index contributed by atoms with van der Waals surface area (Å²) in [5, 5.41) is 7.73. The summed E-state index contributed by atoms with van der Waals surface area (Å²) in [5.41, 5.74) is -8.30. The van der Waals surface area contributed by atoms with Crippen molar-refractivity contribution in [3.63, 3.8) is 0 Å². The van der Waals surface area contributed by atoms with Gasteiger partial charge in [-0.2, -0.15) is 61.5 Å². The van der Waals surface area contributed by atoms with E-state index in [0.717, 1.165) is 0 Å². The molecule has 24 heavy (non-hydrogen) atoms. The van der Waals surface area contributed by atoms with Crippen molar-refractivity contribution in [2.75, 3.05) is 6.61 Å². The van der Waals surface area contributed by atoms with E-state index in [1.54, 1.807) is 0 Å². The Morgan fingerprint density at radius 2 is 0.750 bits per heavy atom. The molecule has 146 valence electrons. The van der Waals surface area contributed by atoms with E-state index in [-0.39, 0.29) is 0 Å². The largest absolute Gasteiger partial charge is 0.438 e. The summed E-state index contributed by atoms with van der Waals surface area (Å²) < 4.78 is 187. The Bertz CT molecular complexity index is 443.